The van der Waals surface area contributed by atoms with Crippen molar-refractivity contribution >= 4 is 33.9 Å². The summed E-state index contributed by atoms with van der Waals surface area (Å²) in [6, 6.07) is 11.6. The molecule has 1 unspecified atom stereocenters. The predicted octanol–water partition coefficient (Wildman–Crippen LogP) is 3.60. The second-order valence-corrected chi connectivity index (χ2v) is 8.24. The third-order valence-electron chi connectivity index (χ3n) is 5.08. The molecule has 1 aliphatic rings. The van der Waals surface area contributed by atoms with Crippen LogP contribution in [-0.2, 0) is 19.1 Å². The largest absolute Gasteiger partial charge is 0.451 e. The van der Waals surface area contributed by atoms with Gasteiger partial charge in [0.25, 0.3) is 5.91 Å². The highest BCUT2D eigenvalue weighted by atomic mass is 79.9. The Bertz CT molecular complexity index is 1030. The zero-order valence-corrected chi connectivity index (χ0v) is 19.1. The molecule has 1 N–H and O–H groups in total. The minimum absolute atomic E-state index is 0.00944. The van der Waals surface area contributed by atoms with E-state index >= 15 is 0 Å². The van der Waals surface area contributed by atoms with Gasteiger partial charge >= 0.3 is 5.97 Å². The van der Waals surface area contributed by atoms with Crippen LogP contribution in [0.5, 0.6) is 0 Å². The van der Waals surface area contributed by atoms with E-state index in [0.717, 1.165) is 40.0 Å². The second-order valence-electron chi connectivity index (χ2n) is 7.32. The van der Waals surface area contributed by atoms with Gasteiger partial charge in [0.2, 0.25) is 0 Å². The number of nitrogens with one attached hydrogen (secondary N) is 1. The Labute approximate surface area is 189 Å². The van der Waals surface area contributed by atoms with Crippen LogP contribution in [0.4, 0.5) is 0 Å². The van der Waals surface area contributed by atoms with E-state index in [-0.39, 0.29) is 11.7 Å². The van der Waals surface area contributed by atoms with Gasteiger partial charge in [-0.25, -0.2) is 4.79 Å². The minimum Gasteiger partial charge on any atom is -0.451 e. The van der Waals surface area contributed by atoms with Gasteiger partial charge in [-0.1, -0.05) is 15.9 Å². The molecule has 1 saturated heterocycles. The fourth-order valence-corrected chi connectivity index (χ4v) is 3.77. The Balaban J connectivity index is 1.66. The molecule has 162 valence electrons. The van der Waals surface area contributed by atoms with Gasteiger partial charge in [0.1, 0.15) is 11.6 Å². The molecule has 0 spiro atoms. The molecule has 7 nitrogen and oxygen atoms in total. The summed E-state index contributed by atoms with van der Waals surface area (Å²) in [7, 11) is 0. The summed E-state index contributed by atoms with van der Waals surface area (Å²) in [4.78, 5) is 24.2. The highest BCUT2D eigenvalue weighted by molar-refractivity contribution is 9.10. The molecule has 1 amide bonds. The molecule has 1 atom stereocenters. The summed E-state index contributed by atoms with van der Waals surface area (Å²) in [6.45, 7) is 4.52. The number of amides is 1. The summed E-state index contributed by atoms with van der Waals surface area (Å²) in [5.74, 6) is -1.25. The number of aromatic nitrogens is 1. The van der Waals surface area contributed by atoms with E-state index in [4.69, 9.17) is 9.47 Å². The van der Waals surface area contributed by atoms with Crippen LogP contribution >= 0.6 is 15.9 Å². The summed E-state index contributed by atoms with van der Waals surface area (Å²) < 4.78 is 13.5. The molecule has 2 heterocycles. The van der Waals surface area contributed by atoms with E-state index in [9.17, 15) is 14.9 Å². The number of halogens is 1. The lowest BCUT2D eigenvalue weighted by Crippen LogP contribution is -2.34. The summed E-state index contributed by atoms with van der Waals surface area (Å²) in [5.41, 5.74) is 3.39. The predicted molar refractivity (Wildman–Crippen MR) is 119 cm³/mol. The van der Waals surface area contributed by atoms with Crippen LogP contribution in [0.3, 0.4) is 0 Å². The maximum Gasteiger partial charge on any atom is 0.349 e. The molecule has 0 radical (unpaired) electrons. The molecule has 1 fully saturated rings. The molecule has 0 bridgehead atoms. The van der Waals surface area contributed by atoms with E-state index in [0.29, 0.717) is 13.2 Å². The number of rotatable bonds is 7. The zero-order chi connectivity index (χ0) is 22.4. The standard InChI is InChI=1S/C23H24BrN3O4/c1-15-10-17(16(2)27(15)20-7-5-19(24)6-8-20)11-18(12-25)23(29)31-14-22(28)26-13-21-4-3-9-30-21/h5-8,10-11,21H,3-4,9,13-14H2,1-2H3,(H,26,28)/b18-11+. The van der Waals surface area contributed by atoms with Crippen molar-refractivity contribution in [2.45, 2.75) is 32.8 Å². The molecular weight excluding hydrogens is 462 g/mol. The van der Waals surface area contributed by atoms with Gasteiger partial charge in [-0.2, -0.15) is 5.26 Å². The van der Waals surface area contributed by atoms with Crippen LogP contribution < -0.4 is 5.32 Å². The van der Waals surface area contributed by atoms with Gasteiger partial charge < -0.3 is 19.4 Å². The number of aryl methyl sites for hydroxylation is 1. The first-order chi connectivity index (χ1) is 14.9. The average molecular weight is 486 g/mol. The van der Waals surface area contributed by atoms with Gasteiger partial charge in [-0.05, 0) is 68.7 Å². The Morgan fingerprint density at radius 1 is 1.35 bits per heavy atom. The van der Waals surface area contributed by atoms with Gasteiger partial charge in [-0.3, -0.25) is 4.79 Å². The Kier molecular flexibility index (Phi) is 7.66. The van der Waals surface area contributed by atoms with Crippen LogP contribution in [0.15, 0.2) is 40.4 Å². The normalized spacial score (nSPS) is 16.1. The minimum atomic E-state index is -0.830. The fourth-order valence-electron chi connectivity index (χ4n) is 3.51. The summed E-state index contributed by atoms with van der Waals surface area (Å²) >= 11 is 3.43. The van der Waals surface area contributed by atoms with E-state index in [1.807, 2.05) is 54.8 Å². The lowest BCUT2D eigenvalue weighted by molar-refractivity contribution is -0.144. The lowest BCUT2D eigenvalue weighted by Gasteiger charge is -2.11. The van der Waals surface area contributed by atoms with Gasteiger partial charge in [0, 0.05) is 34.7 Å². The van der Waals surface area contributed by atoms with Gasteiger partial charge in [-0.15, -0.1) is 0 Å². The summed E-state index contributed by atoms with van der Waals surface area (Å²) in [6.07, 6.45) is 3.38. The van der Waals surface area contributed by atoms with Crippen molar-refractivity contribution in [3.63, 3.8) is 0 Å². The number of carbonyl (C=O) groups is 2. The zero-order valence-electron chi connectivity index (χ0n) is 17.5. The van der Waals surface area contributed by atoms with Crippen molar-refractivity contribution < 1.29 is 19.1 Å². The molecule has 31 heavy (non-hydrogen) atoms. The Morgan fingerprint density at radius 2 is 2.10 bits per heavy atom. The van der Waals surface area contributed by atoms with Crippen LogP contribution in [0.2, 0.25) is 0 Å². The molecule has 2 aromatic rings. The van der Waals surface area contributed by atoms with E-state index in [2.05, 4.69) is 21.2 Å². The number of ether oxygens (including phenoxy) is 2. The lowest BCUT2D eigenvalue weighted by atomic mass is 10.1. The number of carbonyl (C=O) groups excluding carboxylic acids is 2. The first kappa shape index (κ1) is 22.8. The third-order valence-corrected chi connectivity index (χ3v) is 5.61. The van der Waals surface area contributed by atoms with Gasteiger partial charge in [0.15, 0.2) is 6.61 Å². The molecule has 1 aromatic carbocycles. The third kappa shape index (κ3) is 5.84. The molecule has 8 heteroatoms. The fraction of sp³-hybridized carbons (Fsp3) is 0.348. The second kappa shape index (κ2) is 10.4. The first-order valence-electron chi connectivity index (χ1n) is 10.0. The molecule has 1 aromatic heterocycles. The number of esters is 1. The average Bonchev–Trinajstić information content (AvgIpc) is 3.37. The van der Waals surface area contributed by atoms with Crippen molar-refractivity contribution in [2.24, 2.45) is 0 Å². The number of hydrogen-bond donors (Lipinski definition) is 1. The monoisotopic (exact) mass is 485 g/mol. The van der Waals surface area contributed by atoms with Crippen LogP contribution in [0, 0.1) is 25.2 Å². The smallest absolute Gasteiger partial charge is 0.349 e. The van der Waals surface area contributed by atoms with Crippen LogP contribution in [-0.4, -0.2) is 42.3 Å². The maximum atomic E-state index is 12.3. The number of nitriles is 1. The molecule has 0 saturated carbocycles. The Morgan fingerprint density at radius 3 is 2.74 bits per heavy atom. The van der Waals surface area contributed by atoms with Crippen molar-refractivity contribution in [1.82, 2.24) is 9.88 Å². The molecule has 0 aliphatic carbocycles. The molecule has 3 rings (SSSR count). The topological polar surface area (TPSA) is 93.3 Å². The summed E-state index contributed by atoms with van der Waals surface area (Å²) in [5, 5.41) is 12.1. The SMILES string of the molecule is Cc1cc(/C=C(\C#N)C(=O)OCC(=O)NCC2CCCO2)c(C)n1-c1ccc(Br)cc1. The quantitative estimate of drug-likeness (QED) is 0.367. The molecular formula is C23H24BrN3O4. The first-order valence-corrected chi connectivity index (χ1v) is 10.8. The highest BCUT2D eigenvalue weighted by Crippen LogP contribution is 2.24. The van der Waals surface area contributed by atoms with Crippen LogP contribution in [0.1, 0.15) is 29.8 Å². The Hall–Kier alpha value is -2.89. The van der Waals surface area contributed by atoms with Crippen LogP contribution in [0.25, 0.3) is 11.8 Å². The van der Waals surface area contributed by atoms with E-state index < -0.39 is 18.5 Å². The molecule has 1 aliphatic heterocycles. The van der Waals surface area contributed by atoms with Crippen molar-refractivity contribution in [3.8, 4) is 11.8 Å². The van der Waals surface area contributed by atoms with Crippen molar-refractivity contribution in [1.29, 1.82) is 5.26 Å². The highest BCUT2D eigenvalue weighted by Gasteiger charge is 2.18. The van der Waals surface area contributed by atoms with Gasteiger partial charge in [0.05, 0.1) is 6.10 Å². The van der Waals surface area contributed by atoms with E-state index in [1.165, 1.54) is 6.08 Å². The van der Waals surface area contributed by atoms with Crippen molar-refractivity contribution in [2.75, 3.05) is 19.8 Å². The number of nitrogens with zero attached hydrogens (tertiary/aromatic N) is 2. The van der Waals surface area contributed by atoms with Crippen molar-refractivity contribution in [3.05, 3.63) is 57.3 Å². The maximum absolute atomic E-state index is 12.3. The number of hydrogen-bond acceptors (Lipinski definition) is 5. The number of benzene rings is 1. The van der Waals surface area contributed by atoms with E-state index in [1.54, 1.807) is 0 Å².